The van der Waals surface area contributed by atoms with Crippen molar-refractivity contribution < 1.29 is 19.1 Å². The van der Waals surface area contributed by atoms with Gasteiger partial charge in [0.2, 0.25) is 5.88 Å². The number of azo groups is 1. The zero-order valence-electron chi connectivity index (χ0n) is 16.0. The Morgan fingerprint density at radius 3 is 2.41 bits per heavy atom. The summed E-state index contributed by atoms with van der Waals surface area (Å²) < 4.78 is 10.2. The number of hydrazine groups is 1. The molecule has 0 spiro atoms. The van der Waals surface area contributed by atoms with E-state index >= 15 is 0 Å². The van der Waals surface area contributed by atoms with Crippen molar-refractivity contribution in [1.29, 1.82) is 5.26 Å². The lowest BCUT2D eigenvalue weighted by molar-refractivity contribution is 0.0234. The van der Waals surface area contributed by atoms with Crippen molar-refractivity contribution in [3.05, 3.63) is 45.2 Å². The maximum absolute atomic E-state index is 12.7. The maximum Gasteiger partial charge on any atom is 0.278 e. The molecule has 29 heavy (non-hydrogen) atoms. The van der Waals surface area contributed by atoms with Gasteiger partial charge in [0, 0.05) is 14.1 Å². The van der Waals surface area contributed by atoms with Crippen LogP contribution in [-0.4, -0.2) is 55.1 Å². The van der Waals surface area contributed by atoms with Crippen LogP contribution in [0, 0.1) is 11.3 Å². The Balaban J connectivity index is 2.16. The minimum Gasteiger partial charge on any atom is -0.493 e. The molecule has 1 aromatic carbocycles. The Kier molecular flexibility index (Phi) is 5.12. The molecular formula is C18H16N6O5. The summed E-state index contributed by atoms with van der Waals surface area (Å²) in [5.74, 6) is -1.21. The van der Waals surface area contributed by atoms with Gasteiger partial charge in [-0.1, -0.05) is 6.07 Å². The van der Waals surface area contributed by atoms with Crippen molar-refractivity contribution in [2.24, 2.45) is 10.2 Å². The molecule has 0 fully saturated rings. The van der Waals surface area contributed by atoms with Crippen molar-refractivity contribution in [1.82, 2.24) is 15.0 Å². The van der Waals surface area contributed by atoms with E-state index in [0.29, 0.717) is 0 Å². The molecule has 3 rings (SSSR count). The smallest absolute Gasteiger partial charge is 0.278 e. The number of amides is 2. The van der Waals surface area contributed by atoms with E-state index in [9.17, 15) is 19.6 Å². The van der Waals surface area contributed by atoms with Gasteiger partial charge < -0.3 is 9.47 Å². The number of carbonyl (C=O) groups is 2. The number of aromatic nitrogens is 1. The van der Waals surface area contributed by atoms with Crippen LogP contribution in [0.1, 0.15) is 26.3 Å². The van der Waals surface area contributed by atoms with Crippen LogP contribution < -0.4 is 15.0 Å². The van der Waals surface area contributed by atoms with E-state index in [1.165, 1.54) is 31.4 Å². The van der Waals surface area contributed by atoms with Gasteiger partial charge in [0.25, 0.3) is 17.4 Å². The molecule has 0 aliphatic carbocycles. The van der Waals surface area contributed by atoms with E-state index in [-0.39, 0.29) is 39.7 Å². The van der Waals surface area contributed by atoms with Gasteiger partial charge in [0.05, 0.1) is 31.0 Å². The van der Waals surface area contributed by atoms with Crippen LogP contribution in [-0.2, 0) is 0 Å². The predicted octanol–water partition coefficient (Wildman–Crippen LogP) is 1.75. The normalized spacial score (nSPS) is 13.2. The number of hydrogen-bond donors (Lipinski definition) is 1. The van der Waals surface area contributed by atoms with Crippen molar-refractivity contribution in [3.8, 4) is 17.7 Å². The van der Waals surface area contributed by atoms with Crippen molar-refractivity contribution in [3.63, 3.8) is 0 Å². The van der Waals surface area contributed by atoms with Gasteiger partial charge in [-0.2, -0.15) is 5.26 Å². The number of benzene rings is 1. The summed E-state index contributed by atoms with van der Waals surface area (Å²) in [7, 11) is 5.71. The lowest BCUT2D eigenvalue weighted by Gasteiger charge is -2.20. The Labute approximate surface area is 164 Å². The zero-order valence-corrected chi connectivity index (χ0v) is 16.0. The van der Waals surface area contributed by atoms with E-state index < -0.39 is 17.4 Å². The summed E-state index contributed by atoms with van der Waals surface area (Å²) >= 11 is 0. The largest absolute Gasteiger partial charge is 0.493 e. The molecule has 1 aliphatic heterocycles. The van der Waals surface area contributed by atoms with Crippen molar-refractivity contribution in [2.75, 3.05) is 28.3 Å². The van der Waals surface area contributed by atoms with Gasteiger partial charge in [-0.25, -0.2) is 10.0 Å². The van der Waals surface area contributed by atoms with E-state index in [1.807, 2.05) is 0 Å². The van der Waals surface area contributed by atoms with Crippen LogP contribution >= 0.6 is 0 Å². The Bertz CT molecular complexity index is 1140. The number of methoxy groups -OCH3 is 2. The highest BCUT2D eigenvalue weighted by Gasteiger charge is 2.39. The molecule has 148 valence electrons. The number of H-pyrrole nitrogens is 1. The molecule has 1 N–H and O–H groups in total. The molecule has 0 radical (unpaired) electrons. The summed E-state index contributed by atoms with van der Waals surface area (Å²) in [5.41, 5.74) is -0.617. The number of nitriles is 1. The average molecular weight is 396 g/mol. The first-order valence-corrected chi connectivity index (χ1v) is 8.24. The highest BCUT2D eigenvalue weighted by Crippen LogP contribution is 2.39. The van der Waals surface area contributed by atoms with Crippen LogP contribution in [0.15, 0.2) is 33.2 Å². The van der Waals surface area contributed by atoms with E-state index in [2.05, 4.69) is 15.2 Å². The molecule has 11 nitrogen and oxygen atoms in total. The van der Waals surface area contributed by atoms with Crippen LogP contribution in [0.5, 0.6) is 11.6 Å². The fourth-order valence-electron chi connectivity index (χ4n) is 2.89. The third kappa shape index (κ3) is 3.11. The Morgan fingerprint density at radius 2 is 1.83 bits per heavy atom. The highest BCUT2D eigenvalue weighted by molar-refractivity contribution is 6.23. The summed E-state index contributed by atoms with van der Waals surface area (Å²) in [6.07, 6.45) is 0. The standard InChI is InChI=1S/C18H16N6O5/c1-23(2)24-17(26)9-6-5-7-11(12(9)18(24)27)21-22-13-14(28-3)10(8-19)15(25)20-16(13)29-4/h5-7H,1-4H3,(H,20,25). The van der Waals surface area contributed by atoms with E-state index in [4.69, 9.17) is 9.47 Å². The lowest BCUT2D eigenvalue weighted by Crippen LogP contribution is -2.41. The second kappa shape index (κ2) is 7.53. The van der Waals surface area contributed by atoms with Crippen molar-refractivity contribution in [2.45, 2.75) is 0 Å². The number of aromatic amines is 1. The van der Waals surface area contributed by atoms with Crippen LogP contribution in [0.3, 0.4) is 0 Å². The first kappa shape index (κ1) is 19.7. The fraction of sp³-hybridized carbons (Fsp3) is 0.222. The molecule has 1 aliphatic rings. The molecule has 2 aromatic rings. The summed E-state index contributed by atoms with van der Waals surface area (Å²) in [5, 5.41) is 19.7. The molecule has 0 bridgehead atoms. The van der Waals surface area contributed by atoms with Crippen LogP contribution in [0.4, 0.5) is 11.4 Å². The molecule has 0 unspecified atom stereocenters. The minimum absolute atomic E-state index is 0.0370. The molecule has 0 atom stereocenters. The monoisotopic (exact) mass is 396 g/mol. The minimum atomic E-state index is -0.705. The Hall–Kier alpha value is -4.04. The quantitative estimate of drug-likeness (QED) is 0.599. The number of nitrogens with one attached hydrogen (secondary N) is 1. The number of nitrogens with zero attached hydrogens (tertiary/aromatic N) is 5. The fourth-order valence-corrected chi connectivity index (χ4v) is 2.89. The zero-order chi connectivity index (χ0) is 21.3. The predicted molar refractivity (Wildman–Crippen MR) is 99.7 cm³/mol. The van der Waals surface area contributed by atoms with E-state index in [1.54, 1.807) is 26.2 Å². The second-order valence-electron chi connectivity index (χ2n) is 6.03. The molecule has 1 aromatic heterocycles. The number of ether oxygens (including phenoxy) is 2. The molecule has 2 amide bonds. The van der Waals surface area contributed by atoms with Gasteiger partial charge in [0.15, 0.2) is 17.0 Å². The van der Waals surface area contributed by atoms with Crippen molar-refractivity contribution >= 4 is 23.2 Å². The van der Waals surface area contributed by atoms with Gasteiger partial charge in [-0.15, -0.1) is 10.2 Å². The highest BCUT2D eigenvalue weighted by atomic mass is 16.5. The number of carbonyl (C=O) groups excluding carboxylic acids is 2. The number of fused-ring (bicyclic) bond motifs is 1. The molecule has 0 saturated carbocycles. The number of rotatable bonds is 5. The van der Waals surface area contributed by atoms with Gasteiger partial charge in [0.1, 0.15) is 6.07 Å². The van der Waals surface area contributed by atoms with Gasteiger partial charge in [-0.05, 0) is 12.1 Å². The average Bonchev–Trinajstić information content (AvgIpc) is 2.96. The molecular weight excluding hydrogens is 380 g/mol. The topological polar surface area (TPSA) is 140 Å². The third-order valence-electron chi connectivity index (χ3n) is 4.16. The van der Waals surface area contributed by atoms with E-state index in [0.717, 1.165) is 5.01 Å². The number of hydrogen-bond acceptors (Lipinski definition) is 9. The molecule has 0 saturated heterocycles. The second-order valence-corrected chi connectivity index (χ2v) is 6.03. The third-order valence-corrected chi connectivity index (χ3v) is 4.16. The molecule has 2 heterocycles. The SMILES string of the molecule is COc1[nH]c(=O)c(C#N)c(OC)c1N=Nc1cccc2c1C(=O)N(N(C)C)C2=O. The summed E-state index contributed by atoms with van der Waals surface area (Å²) in [4.78, 5) is 39.5. The van der Waals surface area contributed by atoms with Gasteiger partial charge in [-0.3, -0.25) is 19.4 Å². The van der Waals surface area contributed by atoms with Gasteiger partial charge >= 0.3 is 0 Å². The van der Waals surface area contributed by atoms with Crippen LogP contribution in [0.25, 0.3) is 0 Å². The first-order valence-electron chi connectivity index (χ1n) is 8.24. The molecule has 11 heteroatoms. The Morgan fingerprint density at radius 1 is 1.10 bits per heavy atom. The van der Waals surface area contributed by atoms with Crippen LogP contribution in [0.2, 0.25) is 0 Å². The maximum atomic E-state index is 12.7. The summed E-state index contributed by atoms with van der Waals surface area (Å²) in [6.45, 7) is 0. The first-order chi connectivity index (χ1) is 13.8. The number of pyridine rings is 1. The summed E-state index contributed by atoms with van der Waals surface area (Å²) in [6, 6.07) is 6.35. The number of imide groups is 1. The lowest BCUT2D eigenvalue weighted by atomic mass is 10.1.